The topological polar surface area (TPSA) is 45.7 Å². The van der Waals surface area contributed by atoms with Gasteiger partial charge in [-0.3, -0.25) is 4.99 Å². The third-order valence-corrected chi connectivity index (χ3v) is 6.08. The molecular formula is C21H33FIN3O. The van der Waals surface area contributed by atoms with Gasteiger partial charge in [-0.05, 0) is 62.1 Å². The van der Waals surface area contributed by atoms with Gasteiger partial charge in [-0.1, -0.05) is 19.1 Å². The molecule has 1 aliphatic carbocycles. The summed E-state index contributed by atoms with van der Waals surface area (Å²) in [5.41, 5.74) is 1.14. The Kier molecular flexibility index (Phi) is 8.79. The molecule has 0 spiro atoms. The highest BCUT2D eigenvalue weighted by Gasteiger charge is 2.34. The van der Waals surface area contributed by atoms with Gasteiger partial charge in [0.2, 0.25) is 0 Å². The Morgan fingerprint density at radius 1 is 1.15 bits per heavy atom. The molecule has 0 atom stereocenters. The standard InChI is InChI=1S/C21H32FN3O.HI/c1-16-3-9-19(10-4-16)25-20(23-2)24-15-21(11-13-26-14-12-21)17-5-7-18(22)8-6-17;/h5-8,16,19H,3-4,9-15H2,1-2H3,(H2,23,24,25);1H. The number of halogens is 2. The van der Waals surface area contributed by atoms with E-state index in [2.05, 4.69) is 22.5 Å². The van der Waals surface area contributed by atoms with Gasteiger partial charge in [0.05, 0.1) is 0 Å². The number of nitrogens with zero attached hydrogens (tertiary/aromatic N) is 1. The van der Waals surface area contributed by atoms with Gasteiger partial charge >= 0.3 is 0 Å². The number of rotatable bonds is 4. The minimum Gasteiger partial charge on any atom is -0.381 e. The van der Waals surface area contributed by atoms with E-state index in [9.17, 15) is 4.39 Å². The monoisotopic (exact) mass is 489 g/mol. The summed E-state index contributed by atoms with van der Waals surface area (Å²) in [6, 6.07) is 7.46. The lowest BCUT2D eigenvalue weighted by Crippen LogP contribution is -2.50. The quantitative estimate of drug-likeness (QED) is 0.378. The third kappa shape index (κ3) is 6.04. The van der Waals surface area contributed by atoms with Crippen LogP contribution < -0.4 is 10.6 Å². The molecule has 2 aliphatic rings. The van der Waals surface area contributed by atoms with E-state index in [1.165, 1.54) is 31.2 Å². The molecule has 4 nitrogen and oxygen atoms in total. The predicted molar refractivity (Wildman–Crippen MR) is 119 cm³/mol. The van der Waals surface area contributed by atoms with E-state index in [0.717, 1.165) is 44.5 Å². The molecule has 1 aliphatic heterocycles. The fraction of sp³-hybridized carbons (Fsp3) is 0.667. The van der Waals surface area contributed by atoms with Crippen molar-refractivity contribution in [1.82, 2.24) is 10.6 Å². The molecule has 0 unspecified atom stereocenters. The summed E-state index contributed by atoms with van der Waals surface area (Å²) < 4.78 is 19.0. The Hall–Kier alpha value is -0.890. The maximum absolute atomic E-state index is 13.4. The highest BCUT2D eigenvalue weighted by Crippen LogP contribution is 2.34. The summed E-state index contributed by atoms with van der Waals surface area (Å²) in [6.07, 6.45) is 6.85. The van der Waals surface area contributed by atoms with E-state index < -0.39 is 0 Å². The van der Waals surface area contributed by atoms with Crippen molar-refractivity contribution < 1.29 is 9.13 Å². The summed E-state index contributed by atoms with van der Waals surface area (Å²) in [5, 5.41) is 7.13. The maximum Gasteiger partial charge on any atom is 0.191 e. The van der Waals surface area contributed by atoms with Crippen LogP contribution in [0.15, 0.2) is 29.3 Å². The fourth-order valence-corrected chi connectivity index (χ4v) is 4.18. The van der Waals surface area contributed by atoms with Crippen LogP contribution in [-0.2, 0) is 10.2 Å². The van der Waals surface area contributed by atoms with Crippen LogP contribution >= 0.6 is 24.0 Å². The van der Waals surface area contributed by atoms with E-state index in [-0.39, 0.29) is 35.2 Å². The van der Waals surface area contributed by atoms with Crippen molar-refractivity contribution in [3.8, 4) is 0 Å². The van der Waals surface area contributed by atoms with Crippen LogP contribution in [0.5, 0.6) is 0 Å². The van der Waals surface area contributed by atoms with Crippen LogP contribution in [0, 0.1) is 11.7 Å². The lowest BCUT2D eigenvalue weighted by molar-refractivity contribution is 0.0513. The fourth-order valence-electron chi connectivity index (χ4n) is 4.18. The number of guanidine groups is 1. The van der Waals surface area contributed by atoms with Gasteiger partial charge in [0.15, 0.2) is 5.96 Å². The number of ether oxygens (including phenoxy) is 1. The minimum absolute atomic E-state index is 0. The number of nitrogens with one attached hydrogen (secondary N) is 2. The molecule has 1 saturated carbocycles. The number of hydrogen-bond donors (Lipinski definition) is 2. The number of hydrogen-bond acceptors (Lipinski definition) is 2. The van der Waals surface area contributed by atoms with Crippen molar-refractivity contribution >= 4 is 29.9 Å². The molecule has 27 heavy (non-hydrogen) atoms. The Labute approximate surface area is 179 Å². The maximum atomic E-state index is 13.4. The molecule has 2 N–H and O–H groups in total. The average Bonchev–Trinajstić information content (AvgIpc) is 2.68. The summed E-state index contributed by atoms with van der Waals surface area (Å²) in [4.78, 5) is 4.43. The van der Waals surface area contributed by atoms with E-state index in [4.69, 9.17) is 4.74 Å². The Bertz CT molecular complexity index is 594. The summed E-state index contributed by atoms with van der Waals surface area (Å²) >= 11 is 0. The summed E-state index contributed by atoms with van der Waals surface area (Å²) in [6.45, 7) is 4.60. The number of benzene rings is 1. The van der Waals surface area contributed by atoms with E-state index in [1.54, 1.807) is 12.1 Å². The van der Waals surface area contributed by atoms with Gasteiger partial charge in [-0.15, -0.1) is 24.0 Å². The molecule has 2 fully saturated rings. The van der Waals surface area contributed by atoms with Crippen molar-refractivity contribution in [1.29, 1.82) is 0 Å². The molecule has 6 heteroatoms. The van der Waals surface area contributed by atoms with Crippen LogP contribution in [0.4, 0.5) is 4.39 Å². The van der Waals surface area contributed by atoms with Gasteiger partial charge in [-0.2, -0.15) is 0 Å². The number of aliphatic imine (C=N–C) groups is 1. The highest BCUT2D eigenvalue weighted by atomic mass is 127. The zero-order chi connectivity index (χ0) is 18.4. The van der Waals surface area contributed by atoms with Gasteiger partial charge in [0.1, 0.15) is 5.82 Å². The molecule has 0 aromatic heterocycles. The van der Waals surface area contributed by atoms with Crippen LogP contribution in [0.25, 0.3) is 0 Å². The molecule has 0 radical (unpaired) electrons. The third-order valence-electron chi connectivity index (χ3n) is 6.08. The van der Waals surface area contributed by atoms with Crippen molar-refractivity contribution in [3.05, 3.63) is 35.6 Å². The summed E-state index contributed by atoms with van der Waals surface area (Å²) in [7, 11) is 1.83. The second-order valence-electron chi connectivity index (χ2n) is 7.93. The van der Waals surface area contributed by atoms with Crippen LogP contribution in [-0.4, -0.2) is 38.8 Å². The second-order valence-corrected chi connectivity index (χ2v) is 7.93. The lowest BCUT2D eigenvalue weighted by Gasteiger charge is -2.38. The first-order valence-electron chi connectivity index (χ1n) is 9.92. The zero-order valence-corrected chi connectivity index (χ0v) is 18.8. The van der Waals surface area contributed by atoms with Crippen LogP contribution in [0.1, 0.15) is 51.0 Å². The lowest BCUT2D eigenvalue weighted by atomic mass is 9.74. The van der Waals surface area contributed by atoms with Crippen molar-refractivity contribution in [2.75, 3.05) is 26.8 Å². The smallest absolute Gasteiger partial charge is 0.191 e. The first-order chi connectivity index (χ1) is 12.6. The Balaban J connectivity index is 0.00000261. The Morgan fingerprint density at radius 2 is 1.78 bits per heavy atom. The van der Waals surface area contributed by atoms with Crippen molar-refractivity contribution in [2.45, 2.75) is 56.9 Å². The first kappa shape index (κ1) is 22.4. The van der Waals surface area contributed by atoms with Gasteiger partial charge < -0.3 is 15.4 Å². The largest absolute Gasteiger partial charge is 0.381 e. The molecule has 1 saturated heterocycles. The molecule has 1 aromatic rings. The molecule has 152 valence electrons. The van der Waals surface area contributed by atoms with Gasteiger partial charge in [0, 0.05) is 38.3 Å². The van der Waals surface area contributed by atoms with E-state index in [1.807, 2.05) is 19.2 Å². The van der Waals surface area contributed by atoms with Crippen molar-refractivity contribution in [2.24, 2.45) is 10.9 Å². The van der Waals surface area contributed by atoms with Crippen LogP contribution in [0.3, 0.4) is 0 Å². The average molecular weight is 489 g/mol. The second kappa shape index (κ2) is 10.6. The van der Waals surface area contributed by atoms with E-state index in [0.29, 0.717) is 6.04 Å². The molecule has 0 amide bonds. The van der Waals surface area contributed by atoms with Gasteiger partial charge in [-0.25, -0.2) is 4.39 Å². The normalized spacial score (nSPS) is 25.4. The van der Waals surface area contributed by atoms with Crippen LogP contribution in [0.2, 0.25) is 0 Å². The Morgan fingerprint density at radius 3 is 2.37 bits per heavy atom. The SMILES string of the molecule is CN=C(NCC1(c2ccc(F)cc2)CCOCC1)NC1CCC(C)CC1.I. The molecule has 0 bridgehead atoms. The predicted octanol–water partition coefficient (Wildman–Crippen LogP) is 4.24. The molecule has 1 heterocycles. The molecule has 3 rings (SSSR count). The summed E-state index contributed by atoms with van der Waals surface area (Å²) in [5.74, 6) is 1.53. The van der Waals surface area contributed by atoms with Gasteiger partial charge in [0.25, 0.3) is 0 Å². The van der Waals surface area contributed by atoms with E-state index >= 15 is 0 Å². The zero-order valence-electron chi connectivity index (χ0n) is 16.5. The van der Waals surface area contributed by atoms with Crippen molar-refractivity contribution in [3.63, 3.8) is 0 Å². The minimum atomic E-state index is -0.187. The first-order valence-corrected chi connectivity index (χ1v) is 9.92. The highest BCUT2D eigenvalue weighted by molar-refractivity contribution is 14.0. The molecule has 1 aromatic carbocycles. The molecular weight excluding hydrogens is 456 g/mol.